The molecule has 0 aliphatic heterocycles. The lowest BCUT2D eigenvalue weighted by Crippen LogP contribution is -2.33. The molecule has 0 unspecified atom stereocenters. The molecule has 3 aromatic rings. The normalized spacial score (nSPS) is 10.7. The third kappa shape index (κ3) is 3.31. The summed E-state index contributed by atoms with van der Waals surface area (Å²) in [5, 5.41) is 4.81. The Bertz CT molecular complexity index is 993. The molecule has 26 heavy (non-hydrogen) atoms. The fourth-order valence-corrected chi connectivity index (χ4v) is 2.88. The molecule has 134 valence electrons. The van der Waals surface area contributed by atoms with Gasteiger partial charge in [0, 0.05) is 25.5 Å². The first-order chi connectivity index (χ1) is 12.5. The van der Waals surface area contributed by atoms with E-state index >= 15 is 0 Å². The Morgan fingerprint density at radius 2 is 1.85 bits per heavy atom. The van der Waals surface area contributed by atoms with Gasteiger partial charge in [-0.3, -0.25) is 14.3 Å². The molecule has 2 aromatic carbocycles. The third-order valence-electron chi connectivity index (χ3n) is 4.29. The zero-order valence-electron chi connectivity index (χ0n) is 15.1. The van der Waals surface area contributed by atoms with E-state index in [-0.39, 0.29) is 11.1 Å². The first-order valence-corrected chi connectivity index (χ1v) is 8.43. The minimum Gasteiger partial charge on any atom is -0.497 e. The summed E-state index contributed by atoms with van der Waals surface area (Å²) in [5.41, 5.74) is 1.28. The zero-order chi connectivity index (χ0) is 18.7. The molecule has 3 rings (SSSR count). The van der Waals surface area contributed by atoms with Gasteiger partial charge >= 0.3 is 0 Å². The maximum atomic E-state index is 12.8. The SMILES string of the molecule is CCn1nc(C(=O)N(C)Cc2ccc(OC)cc2)c(=O)c2ccccc21. The molecule has 0 aliphatic rings. The summed E-state index contributed by atoms with van der Waals surface area (Å²) in [7, 11) is 3.27. The third-order valence-corrected chi connectivity index (χ3v) is 4.29. The van der Waals surface area contributed by atoms with Crippen molar-refractivity contribution in [2.24, 2.45) is 0 Å². The van der Waals surface area contributed by atoms with E-state index in [1.165, 1.54) is 4.90 Å². The Morgan fingerprint density at radius 3 is 2.50 bits per heavy atom. The number of rotatable bonds is 5. The number of carbonyl (C=O) groups excluding carboxylic acids is 1. The number of methoxy groups -OCH3 is 1. The largest absolute Gasteiger partial charge is 0.497 e. The Hall–Kier alpha value is -3.15. The first-order valence-electron chi connectivity index (χ1n) is 8.43. The minimum atomic E-state index is -0.390. The fraction of sp³-hybridized carbons (Fsp3) is 0.250. The highest BCUT2D eigenvalue weighted by Crippen LogP contribution is 2.14. The minimum absolute atomic E-state index is 0.0541. The van der Waals surface area contributed by atoms with Gasteiger partial charge in [-0.15, -0.1) is 0 Å². The predicted molar refractivity (Wildman–Crippen MR) is 100 cm³/mol. The first kappa shape index (κ1) is 17.7. The van der Waals surface area contributed by atoms with Gasteiger partial charge in [-0.1, -0.05) is 24.3 Å². The average molecular weight is 351 g/mol. The van der Waals surface area contributed by atoms with Crippen LogP contribution in [0.5, 0.6) is 5.75 Å². The van der Waals surface area contributed by atoms with E-state index in [0.29, 0.717) is 18.5 Å². The zero-order valence-corrected chi connectivity index (χ0v) is 15.1. The molecule has 1 amide bonds. The van der Waals surface area contributed by atoms with Crippen molar-refractivity contribution in [1.29, 1.82) is 0 Å². The van der Waals surface area contributed by atoms with Gasteiger partial charge in [0.2, 0.25) is 5.43 Å². The van der Waals surface area contributed by atoms with E-state index in [0.717, 1.165) is 16.8 Å². The molecule has 0 fully saturated rings. The van der Waals surface area contributed by atoms with E-state index in [9.17, 15) is 9.59 Å². The van der Waals surface area contributed by atoms with Crippen molar-refractivity contribution in [3.05, 3.63) is 70.0 Å². The summed E-state index contributed by atoms with van der Waals surface area (Å²) in [4.78, 5) is 27.1. The summed E-state index contributed by atoms with van der Waals surface area (Å²) >= 11 is 0. The second-order valence-corrected chi connectivity index (χ2v) is 6.02. The van der Waals surface area contributed by atoms with E-state index in [1.807, 2.05) is 43.3 Å². The van der Waals surface area contributed by atoms with Gasteiger partial charge in [0.05, 0.1) is 12.6 Å². The van der Waals surface area contributed by atoms with Gasteiger partial charge in [-0.05, 0) is 36.8 Å². The highest BCUT2D eigenvalue weighted by atomic mass is 16.5. The number of aryl methyl sites for hydroxylation is 1. The lowest BCUT2D eigenvalue weighted by Gasteiger charge is -2.18. The van der Waals surface area contributed by atoms with Crippen LogP contribution in [0.15, 0.2) is 53.3 Å². The number of ether oxygens (including phenoxy) is 1. The number of benzene rings is 2. The number of hydrogen-bond donors (Lipinski definition) is 0. The van der Waals surface area contributed by atoms with E-state index < -0.39 is 5.91 Å². The van der Waals surface area contributed by atoms with Crippen LogP contribution in [0, 0.1) is 0 Å². The molecule has 0 radical (unpaired) electrons. The number of hydrogen-bond acceptors (Lipinski definition) is 4. The molecule has 1 aromatic heterocycles. The van der Waals surface area contributed by atoms with Crippen LogP contribution in [0.4, 0.5) is 0 Å². The van der Waals surface area contributed by atoms with Crippen molar-refractivity contribution in [2.75, 3.05) is 14.2 Å². The number of aromatic nitrogens is 2. The lowest BCUT2D eigenvalue weighted by molar-refractivity contribution is 0.0775. The summed E-state index contributed by atoms with van der Waals surface area (Å²) < 4.78 is 6.82. The van der Waals surface area contributed by atoms with Crippen LogP contribution in [0.3, 0.4) is 0 Å². The lowest BCUT2D eigenvalue weighted by atomic mass is 10.1. The summed E-state index contributed by atoms with van der Waals surface area (Å²) in [6, 6.07) is 14.7. The molecule has 0 saturated heterocycles. The smallest absolute Gasteiger partial charge is 0.278 e. The molecular formula is C20H21N3O3. The monoisotopic (exact) mass is 351 g/mol. The van der Waals surface area contributed by atoms with Crippen molar-refractivity contribution >= 4 is 16.8 Å². The number of nitrogens with zero attached hydrogens (tertiary/aromatic N) is 3. The van der Waals surface area contributed by atoms with E-state index in [1.54, 1.807) is 31.0 Å². The van der Waals surface area contributed by atoms with E-state index in [2.05, 4.69) is 5.10 Å². The molecule has 6 heteroatoms. The van der Waals surface area contributed by atoms with Crippen molar-refractivity contribution in [1.82, 2.24) is 14.7 Å². The van der Waals surface area contributed by atoms with Gasteiger partial charge in [-0.2, -0.15) is 5.10 Å². The molecule has 0 aliphatic carbocycles. The second-order valence-electron chi connectivity index (χ2n) is 6.02. The number of carbonyl (C=O) groups is 1. The predicted octanol–water partition coefficient (Wildman–Crippen LogP) is 2.70. The molecule has 0 atom stereocenters. The Morgan fingerprint density at radius 1 is 1.15 bits per heavy atom. The Kier molecular flexibility index (Phi) is 5.02. The highest BCUT2D eigenvalue weighted by molar-refractivity contribution is 5.95. The quantitative estimate of drug-likeness (QED) is 0.709. The average Bonchev–Trinajstić information content (AvgIpc) is 2.68. The van der Waals surface area contributed by atoms with Crippen molar-refractivity contribution in [3.8, 4) is 5.75 Å². The molecule has 6 nitrogen and oxygen atoms in total. The number of para-hydroxylation sites is 1. The van der Waals surface area contributed by atoms with Gasteiger partial charge in [0.15, 0.2) is 5.69 Å². The summed E-state index contributed by atoms with van der Waals surface area (Å²) in [5.74, 6) is 0.364. The maximum Gasteiger partial charge on any atom is 0.278 e. The Balaban J connectivity index is 1.93. The number of amides is 1. The van der Waals surface area contributed by atoms with Gasteiger partial charge in [0.25, 0.3) is 5.91 Å². The van der Waals surface area contributed by atoms with Crippen LogP contribution in [-0.2, 0) is 13.1 Å². The highest BCUT2D eigenvalue weighted by Gasteiger charge is 2.20. The number of fused-ring (bicyclic) bond motifs is 1. The van der Waals surface area contributed by atoms with Crippen molar-refractivity contribution in [3.63, 3.8) is 0 Å². The van der Waals surface area contributed by atoms with Crippen LogP contribution in [0.2, 0.25) is 0 Å². The van der Waals surface area contributed by atoms with Gasteiger partial charge in [0.1, 0.15) is 5.75 Å². The fourth-order valence-electron chi connectivity index (χ4n) is 2.88. The van der Waals surface area contributed by atoms with Crippen molar-refractivity contribution in [2.45, 2.75) is 20.0 Å². The Labute approximate surface area is 151 Å². The topological polar surface area (TPSA) is 64.4 Å². The van der Waals surface area contributed by atoms with Crippen molar-refractivity contribution < 1.29 is 9.53 Å². The molecule has 0 spiro atoms. The van der Waals surface area contributed by atoms with Gasteiger partial charge < -0.3 is 9.64 Å². The van der Waals surface area contributed by atoms with Crippen LogP contribution in [-0.4, -0.2) is 34.7 Å². The van der Waals surface area contributed by atoms with Crippen LogP contribution in [0.25, 0.3) is 10.9 Å². The second kappa shape index (κ2) is 7.39. The van der Waals surface area contributed by atoms with E-state index in [4.69, 9.17) is 4.74 Å². The molecule has 0 N–H and O–H groups in total. The molecule has 1 heterocycles. The van der Waals surface area contributed by atoms with Crippen LogP contribution in [0.1, 0.15) is 23.0 Å². The van der Waals surface area contributed by atoms with Crippen LogP contribution < -0.4 is 10.2 Å². The summed E-state index contributed by atoms with van der Waals surface area (Å²) in [6.45, 7) is 2.88. The molecular weight excluding hydrogens is 330 g/mol. The molecule has 0 bridgehead atoms. The standard InChI is InChI=1S/C20H21N3O3/c1-4-23-17-8-6-5-7-16(17)19(24)18(21-23)20(25)22(2)13-14-9-11-15(26-3)12-10-14/h5-12H,4,13H2,1-3H3. The summed E-state index contributed by atoms with van der Waals surface area (Å²) in [6.07, 6.45) is 0. The maximum absolute atomic E-state index is 12.8. The van der Waals surface area contributed by atoms with Crippen LogP contribution >= 0.6 is 0 Å². The molecule has 0 saturated carbocycles. The van der Waals surface area contributed by atoms with Gasteiger partial charge in [-0.25, -0.2) is 0 Å².